The fraction of sp³-hybridized carbons (Fsp3) is 0.200. The van der Waals surface area contributed by atoms with Gasteiger partial charge < -0.3 is 4.74 Å². The van der Waals surface area contributed by atoms with Crippen molar-refractivity contribution in [3.8, 4) is 5.75 Å². The lowest BCUT2D eigenvalue weighted by molar-refractivity contribution is 0.417. The van der Waals surface area contributed by atoms with E-state index in [0.717, 1.165) is 5.39 Å². The molecule has 1 aliphatic rings. The van der Waals surface area contributed by atoms with Gasteiger partial charge in [0.25, 0.3) is 10.0 Å². The van der Waals surface area contributed by atoms with Gasteiger partial charge in [-0.3, -0.25) is 9.03 Å². The molecule has 1 N–H and O–H groups in total. The third-order valence-corrected chi connectivity index (χ3v) is 8.15. The van der Waals surface area contributed by atoms with E-state index in [9.17, 15) is 16.8 Å². The molecule has 0 bridgehead atoms. The lowest BCUT2D eigenvalue weighted by atomic mass is 10.1. The molecule has 0 aromatic heterocycles. The largest absolute Gasteiger partial charge is 0.495 e. The number of methoxy groups -OCH3 is 1. The second kappa shape index (κ2) is 7.23. The molecule has 1 saturated heterocycles. The second-order valence-electron chi connectivity index (χ2n) is 6.71. The molecule has 1 fully saturated rings. The molecule has 1 heterocycles. The molecule has 3 aromatic carbocycles. The van der Waals surface area contributed by atoms with Crippen LogP contribution in [0.5, 0.6) is 5.75 Å². The Labute approximate surface area is 170 Å². The number of nitrogens with one attached hydrogen (secondary N) is 1. The quantitative estimate of drug-likeness (QED) is 0.668. The zero-order valence-corrected chi connectivity index (χ0v) is 17.3. The summed E-state index contributed by atoms with van der Waals surface area (Å²) >= 11 is 0. The van der Waals surface area contributed by atoms with Crippen LogP contribution in [0, 0.1) is 0 Å². The molecule has 0 amide bonds. The van der Waals surface area contributed by atoms with Crippen molar-refractivity contribution < 1.29 is 21.6 Å². The summed E-state index contributed by atoms with van der Waals surface area (Å²) in [5, 5.41) is 1.40. The molecule has 152 valence electrons. The summed E-state index contributed by atoms with van der Waals surface area (Å²) in [5.41, 5.74) is 0.582. The van der Waals surface area contributed by atoms with Crippen molar-refractivity contribution in [2.75, 3.05) is 28.4 Å². The van der Waals surface area contributed by atoms with Crippen molar-refractivity contribution in [3.05, 3.63) is 60.7 Å². The van der Waals surface area contributed by atoms with Crippen LogP contribution in [0.2, 0.25) is 0 Å². The topological polar surface area (TPSA) is 92.8 Å². The van der Waals surface area contributed by atoms with Crippen LogP contribution in [0.15, 0.2) is 65.6 Å². The summed E-state index contributed by atoms with van der Waals surface area (Å²) in [4.78, 5) is 0.136. The monoisotopic (exact) mass is 432 g/mol. The summed E-state index contributed by atoms with van der Waals surface area (Å²) in [5.74, 6) is 0.380. The van der Waals surface area contributed by atoms with Gasteiger partial charge in [-0.25, -0.2) is 16.8 Å². The van der Waals surface area contributed by atoms with Crippen LogP contribution >= 0.6 is 0 Å². The average Bonchev–Trinajstić information content (AvgIpc) is 3.06. The Morgan fingerprint density at radius 2 is 1.79 bits per heavy atom. The van der Waals surface area contributed by atoms with Gasteiger partial charge in [-0.1, -0.05) is 36.4 Å². The Balaban J connectivity index is 1.77. The summed E-state index contributed by atoms with van der Waals surface area (Å²) in [6.45, 7) is 0.365. The van der Waals surface area contributed by atoms with Crippen molar-refractivity contribution in [2.24, 2.45) is 0 Å². The third-order valence-electron chi connectivity index (χ3n) is 4.85. The van der Waals surface area contributed by atoms with E-state index >= 15 is 0 Å². The molecule has 0 aliphatic carbocycles. The number of anilines is 2. The SMILES string of the molecule is COc1ccc(N2CCCS2(=O)=O)cc1NS(=O)(=O)c1cccc2ccccc12. The predicted molar refractivity (Wildman–Crippen MR) is 114 cm³/mol. The third kappa shape index (κ3) is 3.63. The van der Waals surface area contributed by atoms with Gasteiger partial charge in [0.1, 0.15) is 5.75 Å². The zero-order chi connectivity index (χ0) is 20.6. The lowest BCUT2D eigenvalue weighted by Gasteiger charge is -2.20. The van der Waals surface area contributed by atoms with Gasteiger partial charge in [-0.05, 0) is 36.1 Å². The summed E-state index contributed by atoms with van der Waals surface area (Å²) < 4.78 is 59.9. The van der Waals surface area contributed by atoms with E-state index in [2.05, 4.69) is 4.72 Å². The van der Waals surface area contributed by atoms with Gasteiger partial charge in [-0.2, -0.15) is 0 Å². The zero-order valence-electron chi connectivity index (χ0n) is 15.7. The van der Waals surface area contributed by atoms with Crippen molar-refractivity contribution in [3.63, 3.8) is 0 Å². The first kappa shape index (κ1) is 19.5. The first-order chi connectivity index (χ1) is 13.8. The van der Waals surface area contributed by atoms with E-state index in [1.54, 1.807) is 30.3 Å². The Morgan fingerprint density at radius 3 is 2.52 bits per heavy atom. The average molecular weight is 433 g/mol. The number of ether oxygens (including phenoxy) is 1. The summed E-state index contributed by atoms with van der Waals surface area (Å²) in [7, 11) is -5.90. The maximum Gasteiger partial charge on any atom is 0.262 e. The summed E-state index contributed by atoms with van der Waals surface area (Å²) in [6.07, 6.45) is 0.533. The van der Waals surface area contributed by atoms with Crippen LogP contribution in [0.4, 0.5) is 11.4 Å². The first-order valence-corrected chi connectivity index (χ1v) is 12.1. The van der Waals surface area contributed by atoms with E-state index in [1.165, 1.54) is 23.5 Å². The number of benzene rings is 3. The van der Waals surface area contributed by atoms with Crippen molar-refractivity contribution in [1.29, 1.82) is 0 Å². The van der Waals surface area contributed by atoms with E-state index in [-0.39, 0.29) is 16.3 Å². The number of fused-ring (bicyclic) bond motifs is 1. The minimum atomic E-state index is -3.94. The maximum atomic E-state index is 13.1. The molecule has 1 aliphatic heterocycles. The molecule has 0 unspecified atom stereocenters. The summed E-state index contributed by atoms with van der Waals surface area (Å²) in [6, 6.07) is 16.9. The molecule has 4 rings (SSSR count). The first-order valence-electron chi connectivity index (χ1n) is 9.01. The van der Waals surface area contributed by atoms with E-state index in [1.807, 2.05) is 18.2 Å². The number of rotatable bonds is 5. The van der Waals surface area contributed by atoms with Gasteiger partial charge >= 0.3 is 0 Å². The molecule has 9 heteroatoms. The minimum Gasteiger partial charge on any atom is -0.495 e. The highest BCUT2D eigenvalue weighted by atomic mass is 32.2. The lowest BCUT2D eigenvalue weighted by Crippen LogP contribution is -2.25. The Kier molecular flexibility index (Phi) is 4.87. The fourth-order valence-corrected chi connectivity index (χ4v) is 6.34. The number of hydrogen-bond acceptors (Lipinski definition) is 5. The van der Waals surface area contributed by atoms with Crippen molar-refractivity contribution >= 4 is 42.2 Å². The normalized spacial score (nSPS) is 16.1. The van der Waals surface area contributed by atoms with Crippen LogP contribution in [0.3, 0.4) is 0 Å². The maximum absolute atomic E-state index is 13.1. The van der Waals surface area contributed by atoms with E-state index in [0.29, 0.717) is 29.8 Å². The predicted octanol–water partition coefficient (Wildman–Crippen LogP) is 3.19. The van der Waals surface area contributed by atoms with E-state index in [4.69, 9.17) is 4.74 Å². The molecular weight excluding hydrogens is 412 g/mol. The molecule has 3 aromatic rings. The van der Waals surface area contributed by atoms with Crippen molar-refractivity contribution in [2.45, 2.75) is 11.3 Å². The van der Waals surface area contributed by atoms with E-state index < -0.39 is 20.0 Å². The highest BCUT2D eigenvalue weighted by molar-refractivity contribution is 7.93. The Morgan fingerprint density at radius 1 is 1.03 bits per heavy atom. The molecular formula is C20H20N2O5S2. The van der Waals surface area contributed by atoms with Crippen LogP contribution in [0.25, 0.3) is 10.8 Å². The fourth-order valence-electron chi connectivity index (χ4n) is 3.49. The number of hydrogen-bond donors (Lipinski definition) is 1. The number of sulfonamides is 2. The Hall–Kier alpha value is -2.78. The highest BCUT2D eigenvalue weighted by Gasteiger charge is 2.29. The van der Waals surface area contributed by atoms with Gasteiger partial charge in [-0.15, -0.1) is 0 Å². The van der Waals surface area contributed by atoms with Crippen LogP contribution in [-0.4, -0.2) is 36.2 Å². The Bertz CT molecular complexity index is 1280. The molecule has 29 heavy (non-hydrogen) atoms. The van der Waals surface area contributed by atoms with Crippen LogP contribution in [-0.2, 0) is 20.0 Å². The molecule has 7 nitrogen and oxygen atoms in total. The second-order valence-corrected chi connectivity index (χ2v) is 10.4. The standard InChI is InChI=1S/C20H20N2O5S2/c1-27-19-11-10-16(22-12-5-13-28(22,23)24)14-18(19)21-29(25,26)20-9-4-7-15-6-2-3-8-17(15)20/h2-4,6-11,14,21H,5,12-13H2,1H3. The van der Waals surface area contributed by atoms with Crippen LogP contribution < -0.4 is 13.8 Å². The van der Waals surface area contributed by atoms with Crippen molar-refractivity contribution in [1.82, 2.24) is 0 Å². The number of nitrogens with zero attached hydrogens (tertiary/aromatic N) is 1. The van der Waals surface area contributed by atoms with Gasteiger partial charge in [0.05, 0.1) is 29.1 Å². The molecule has 0 radical (unpaired) electrons. The molecule has 0 atom stereocenters. The van der Waals surface area contributed by atoms with Gasteiger partial charge in [0.15, 0.2) is 0 Å². The minimum absolute atomic E-state index is 0.0795. The van der Waals surface area contributed by atoms with Gasteiger partial charge in [0, 0.05) is 11.9 Å². The highest BCUT2D eigenvalue weighted by Crippen LogP contribution is 2.34. The van der Waals surface area contributed by atoms with Crippen LogP contribution in [0.1, 0.15) is 6.42 Å². The smallest absolute Gasteiger partial charge is 0.262 e. The molecule has 0 saturated carbocycles. The molecule has 0 spiro atoms. The van der Waals surface area contributed by atoms with Gasteiger partial charge in [0.2, 0.25) is 10.0 Å².